The van der Waals surface area contributed by atoms with Crippen LogP contribution in [0.3, 0.4) is 0 Å². The third-order valence-electron chi connectivity index (χ3n) is 2.75. The summed E-state index contributed by atoms with van der Waals surface area (Å²) in [7, 11) is 0. The molecule has 1 fully saturated rings. The van der Waals surface area contributed by atoms with E-state index in [1.165, 1.54) is 19.3 Å². The van der Waals surface area contributed by atoms with Crippen LogP contribution in [-0.4, -0.2) is 19.2 Å². The van der Waals surface area contributed by atoms with Crippen molar-refractivity contribution in [3.63, 3.8) is 0 Å². The maximum Gasteiger partial charge on any atom is 0.138 e. The topological polar surface area (TPSA) is 21.3 Å². The molecule has 1 aliphatic rings. The van der Waals surface area contributed by atoms with Crippen molar-refractivity contribution >= 4 is 23.2 Å². The molecule has 0 aliphatic carbocycles. The van der Waals surface area contributed by atoms with Crippen LogP contribution in [0.2, 0.25) is 10.0 Å². The first-order chi connectivity index (χ1) is 7.75. The number of benzene rings is 1. The second kappa shape index (κ2) is 5.76. The molecule has 0 radical (unpaired) electrons. The van der Waals surface area contributed by atoms with Gasteiger partial charge in [0.1, 0.15) is 12.4 Å². The summed E-state index contributed by atoms with van der Waals surface area (Å²) in [6.45, 7) is 1.75. The Morgan fingerprint density at radius 1 is 1.31 bits per heavy atom. The molecule has 1 unspecified atom stereocenters. The number of halogens is 2. The largest absolute Gasteiger partial charge is 0.490 e. The van der Waals surface area contributed by atoms with Crippen molar-refractivity contribution in [1.29, 1.82) is 0 Å². The summed E-state index contributed by atoms with van der Waals surface area (Å²) in [6.07, 6.45) is 3.71. The van der Waals surface area contributed by atoms with E-state index < -0.39 is 0 Å². The summed E-state index contributed by atoms with van der Waals surface area (Å²) in [5.74, 6) is 0.707. The summed E-state index contributed by atoms with van der Waals surface area (Å²) in [4.78, 5) is 0. The molecule has 0 saturated carbocycles. The fourth-order valence-corrected chi connectivity index (χ4v) is 2.31. The van der Waals surface area contributed by atoms with Crippen LogP contribution in [0.1, 0.15) is 19.3 Å². The SMILES string of the molecule is Clc1ccc(OCC2CCCCN2)c(Cl)c1. The van der Waals surface area contributed by atoms with Gasteiger partial charge in [-0.25, -0.2) is 0 Å². The van der Waals surface area contributed by atoms with Crippen molar-refractivity contribution in [2.75, 3.05) is 13.2 Å². The first-order valence-electron chi connectivity index (χ1n) is 5.57. The molecule has 0 spiro atoms. The predicted octanol–water partition coefficient (Wildman–Crippen LogP) is 3.51. The van der Waals surface area contributed by atoms with Gasteiger partial charge in [-0.15, -0.1) is 0 Å². The van der Waals surface area contributed by atoms with Crippen LogP contribution in [0.25, 0.3) is 0 Å². The van der Waals surface area contributed by atoms with Crippen LogP contribution < -0.4 is 10.1 Å². The van der Waals surface area contributed by atoms with Crippen LogP contribution >= 0.6 is 23.2 Å². The van der Waals surface area contributed by atoms with Gasteiger partial charge in [-0.2, -0.15) is 0 Å². The van der Waals surface area contributed by atoms with Crippen LogP contribution in [0, 0.1) is 0 Å². The van der Waals surface area contributed by atoms with Gasteiger partial charge >= 0.3 is 0 Å². The van der Waals surface area contributed by atoms with E-state index in [9.17, 15) is 0 Å². The Balaban J connectivity index is 1.88. The Morgan fingerprint density at radius 3 is 2.88 bits per heavy atom. The third-order valence-corrected chi connectivity index (χ3v) is 3.28. The predicted molar refractivity (Wildman–Crippen MR) is 67.6 cm³/mol. The third kappa shape index (κ3) is 3.27. The number of nitrogens with one attached hydrogen (secondary N) is 1. The Labute approximate surface area is 106 Å². The molecule has 1 N–H and O–H groups in total. The molecule has 1 aliphatic heterocycles. The summed E-state index contributed by atoms with van der Waals surface area (Å²) in [5.41, 5.74) is 0. The minimum Gasteiger partial charge on any atom is -0.490 e. The molecule has 0 aromatic heterocycles. The number of ether oxygens (including phenoxy) is 1. The van der Waals surface area contributed by atoms with Gasteiger partial charge in [0.05, 0.1) is 5.02 Å². The molecule has 2 nitrogen and oxygen atoms in total. The van der Waals surface area contributed by atoms with E-state index in [0.717, 1.165) is 6.54 Å². The highest BCUT2D eigenvalue weighted by molar-refractivity contribution is 6.35. The van der Waals surface area contributed by atoms with Crippen molar-refractivity contribution in [2.45, 2.75) is 25.3 Å². The molecule has 0 bridgehead atoms. The van der Waals surface area contributed by atoms with Crippen LogP contribution in [-0.2, 0) is 0 Å². The highest BCUT2D eigenvalue weighted by Gasteiger charge is 2.13. The van der Waals surface area contributed by atoms with E-state index in [2.05, 4.69) is 5.32 Å². The average molecular weight is 260 g/mol. The number of rotatable bonds is 3. The van der Waals surface area contributed by atoms with Crippen LogP contribution in [0.4, 0.5) is 0 Å². The first-order valence-corrected chi connectivity index (χ1v) is 6.32. The zero-order chi connectivity index (χ0) is 11.4. The summed E-state index contributed by atoms with van der Waals surface area (Å²) in [6, 6.07) is 5.75. The monoisotopic (exact) mass is 259 g/mol. The minimum atomic E-state index is 0.445. The van der Waals surface area contributed by atoms with Gasteiger partial charge in [-0.3, -0.25) is 0 Å². The lowest BCUT2D eigenvalue weighted by atomic mass is 10.1. The molecule has 2 rings (SSSR count). The molecular formula is C12H15Cl2NO. The number of hydrogen-bond acceptors (Lipinski definition) is 2. The zero-order valence-electron chi connectivity index (χ0n) is 9.01. The lowest BCUT2D eigenvalue weighted by Gasteiger charge is -2.23. The van der Waals surface area contributed by atoms with Crippen molar-refractivity contribution in [3.8, 4) is 5.75 Å². The van der Waals surface area contributed by atoms with E-state index in [0.29, 0.717) is 28.4 Å². The fourth-order valence-electron chi connectivity index (χ4n) is 1.85. The van der Waals surface area contributed by atoms with Crippen molar-refractivity contribution in [3.05, 3.63) is 28.2 Å². The lowest BCUT2D eigenvalue weighted by Crippen LogP contribution is -2.38. The molecule has 4 heteroatoms. The van der Waals surface area contributed by atoms with E-state index in [4.69, 9.17) is 27.9 Å². The van der Waals surface area contributed by atoms with Crippen LogP contribution in [0.5, 0.6) is 5.75 Å². The first kappa shape index (κ1) is 12.0. The fraction of sp³-hybridized carbons (Fsp3) is 0.500. The van der Waals surface area contributed by atoms with Gasteiger partial charge in [0.25, 0.3) is 0 Å². The second-order valence-corrected chi connectivity index (χ2v) is 4.88. The minimum absolute atomic E-state index is 0.445. The van der Waals surface area contributed by atoms with Crippen LogP contribution in [0.15, 0.2) is 18.2 Å². The second-order valence-electron chi connectivity index (χ2n) is 4.03. The Hall–Kier alpha value is -0.440. The molecule has 16 heavy (non-hydrogen) atoms. The highest BCUT2D eigenvalue weighted by atomic mass is 35.5. The normalized spacial score (nSPS) is 20.8. The standard InChI is InChI=1S/C12H15Cl2NO/c13-9-4-5-12(11(14)7-9)16-8-10-3-1-2-6-15-10/h4-5,7,10,15H,1-3,6,8H2. The smallest absolute Gasteiger partial charge is 0.138 e. The average Bonchev–Trinajstić information content (AvgIpc) is 2.29. The Morgan fingerprint density at radius 2 is 2.19 bits per heavy atom. The summed E-state index contributed by atoms with van der Waals surface area (Å²) >= 11 is 11.8. The maximum absolute atomic E-state index is 6.02. The summed E-state index contributed by atoms with van der Waals surface area (Å²) in [5, 5.41) is 4.63. The number of hydrogen-bond donors (Lipinski definition) is 1. The maximum atomic E-state index is 6.02. The quantitative estimate of drug-likeness (QED) is 0.897. The number of piperidine rings is 1. The molecule has 88 valence electrons. The Kier molecular flexibility index (Phi) is 4.33. The van der Waals surface area contributed by atoms with Crippen molar-refractivity contribution in [1.82, 2.24) is 5.32 Å². The van der Waals surface area contributed by atoms with Gasteiger partial charge in [0.15, 0.2) is 0 Å². The van der Waals surface area contributed by atoms with Gasteiger partial charge in [0, 0.05) is 11.1 Å². The lowest BCUT2D eigenvalue weighted by molar-refractivity contribution is 0.239. The molecule has 1 aromatic carbocycles. The van der Waals surface area contributed by atoms with Gasteiger partial charge < -0.3 is 10.1 Å². The van der Waals surface area contributed by atoms with Gasteiger partial charge in [0.2, 0.25) is 0 Å². The van der Waals surface area contributed by atoms with E-state index in [1.54, 1.807) is 12.1 Å². The molecule has 1 saturated heterocycles. The van der Waals surface area contributed by atoms with E-state index in [1.807, 2.05) is 6.07 Å². The highest BCUT2D eigenvalue weighted by Crippen LogP contribution is 2.27. The van der Waals surface area contributed by atoms with Crippen molar-refractivity contribution < 1.29 is 4.74 Å². The molecule has 0 amide bonds. The Bertz CT molecular complexity index is 351. The zero-order valence-corrected chi connectivity index (χ0v) is 10.5. The molecule has 1 aromatic rings. The van der Waals surface area contributed by atoms with E-state index >= 15 is 0 Å². The molecule has 1 atom stereocenters. The molecular weight excluding hydrogens is 245 g/mol. The summed E-state index contributed by atoms with van der Waals surface area (Å²) < 4.78 is 5.68. The van der Waals surface area contributed by atoms with E-state index in [-0.39, 0.29) is 0 Å². The van der Waals surface area contributed by atoms with Gasteiger partial charge in [-0.05, 0) is 37.6 Å². The van der Waals surface area contributed by atoms with Gasteiger partial charge in [-0.1, -0.05) is 29.6 Å². The molecule has 1 heterocycles. The van der Waals surface area contributed by atoms with Crippen molar-refractivity contribution in [2.24, 2.45) is 0 Å².